The quantitative estimate of drug-likeness (QED) is 0.238. The second-order valence-corrected chi connectivity index (χ2v) is 9.95. The van der Waals surface area contributed by atoms with E-state index in [9.17, 15) is 14.4 Å². The third kappa shape index (κ3) is 7.98. The summed E-state index contributed by atoms with van der Waals surface area (Å²) in [7, 11) is 0. The number of fused-ring (bicyclic) bond motifs is 2. The van der Waals surface area contributed by atoms with Gasteiger partial charge in [0.1, 0.15) is 11.2 Å². The molecule has 0 spiro atoms. The van der Waals surface area contributed by atoms with Crippen LogP contribution in [0.4, 0.5) is 9.59 Å². The van der Waals surface area contributed by atoms with Crippen LogP contribution in [0.1, 0.15) is 74.1 Å². The molecule has 10 nitrogen and oxygen atoms in total. The molecule has 0 radical (unpaired) electrons. The lowest BCUT2D eigenvalue weighted by Gasteiger charge is -2.36. The van der Waals surface area contributed by atoms with Crippen LogP contribution in [0.2, 0.25) is 0 Å². The molecule has 10 heteroatoms. The van der Waals surface area contributed by atoms with Crippen molar-refractivity contribution in [3.63, 3.8) is 0 Å². The highest BCUT2D eigenvalue weighted by Gasteiger charge is 2.54. The van der Waals surface area contributed by atoms with E-state index in [1.807, 2.05) is 6.92 Å². The summed E-state index contributed by atoms with van der Waals surface area (Å²) in [6.07, 6.45) is 4.21. The number of hydrogen-bond acceptors (Lipinski definition) is 10. The Morgan fingerprint density at radius 1 is 0.906 bits per heavy atom. The van der Waals surface area contributed by atoms with Crippen LogP contribution in [-0.4, -0.2) is 58.5 Å². The van der Waals surface area contributed by atoms with Crippen molar-refractivity contribution in [2.75, 3.05) is 6.61 Å². The molecule has 1 aliphatic carbocycles. The first-order valence-corrected chi connectivity index (χ1v) is 11.0. The van der Waals surface area contributed by atoms with E-state index in [-0.39, 0.29) is 18.0 Å². The number of hydroxylamine groups is 2. The first-order chi connectivity index (χ1) is 14.8. The molecule has 1 saturated carbocycles. The van der Waals surface area contributed by atoms with Gasteiger partial charge in [0.2, 0.25) is 0 Å². The van der Waals surface area contributed by atoms with Crippen LogP contribution in [0.15, 0.2) is 12.2 Å². The van der Waals surface area contributed by atoms with Crippen molar-refractivity contribution in [2.24, 2.45) is 5.92 Å². The lowest BCUT2D eigenvalue weighted by atomic mass is 10.0. The van der Waals surface area contributed by atoms with Gasteiger partial charge in [0.05, 0.1) is 18.7 Å². The second-order valence-electron chi connectivity index (χ2n) is 9.95. The predicted octanol–water partition coefficient (Wildman–Crippen LogP) is 4.30. The van der Waals surface area contributed by atoms with Crippen LogP contribution in [0.25, 0.3) is 0 Å². The van der Waals surface area contributed by atoms with Crippen molar-refractivity contribution >= 4 is 18.3 Å². The lowest BCUT2D eigenvalue weighted by molar-refractivity contribution is -0.385. The maximum atomic E-state index is 12.3. The van der Waals surface area contributed by atoms with Crippen LogP contribution < -0.4 is 0 Å². The average molecular weight is 457 g/mol. The minimum atomic E-state index is -0.926. The van der Waals surface area contributed by atoms with E-state index in [2.05, 4.69) is 0 Å². The van der Waals surface area contributed by atoms with Crippen LogP contribution >= 0.6 is 0 Å². The standard InChI is InChI=1S/C22H36N2O8/c1-8-9-12-28-18(25)11-10-15-13-16-14-17(15)24(32-20(27)30-22(5,6)7)23(16)31-19(26)29-21(2,3)4/h10-11,15-17H,8-9,12-14H2,1-7H3/b11-10-. The number of hydrazine groups is 1. The zero-order valence-electron chi connectivity index (χ0n) is 20.1. The monoisotopic (exact) mass is 456 g/mol. The summed E-state index contributed by atoms with van der Waals surface area (Å²) in [5.41, 5.74) is -1.50. The summed E-state index contributed by atoms with van der Waals surface area (Å²) in [4.78, 5) is 47.2. The third-order valence-corrected chi connectivity index (χ3v) is 4.68. The summed E-state index contributed by atoms with van der Waals surface area (Å²) in [6, 6.07) is -0.588. The molecule has 0 aromatic heterocycles. The number of nitrogens with zero attached hydrogens (tertiary/aromatic N) is 2. The number of rotatable bonds is 7. The average Bonchev–Trinajstić information content (AvgIpc) is 3.16. The number of ether oxygens (including phenoxy) is 3. The second kappa shape index (κ2) is 10.5. The van der Waals surface area contributed by atoms with Crippen molar-refractivity contribution in [3.05, 3.63) is 12.2 Å². The molecule has 1 heterocycles. The van der Waals surface area contributed by atoms with E-state index in [0.29, 0.717) is 19.4 Å². The predicted molar refractivity (Wildman–Crippen MR) is 114 cm³/mol. The van der Waals surface area contributed by atoms with Crippen LogP contribution in [0.5, 0.6) is 0 Å². The largest absolute Gasteiger partial charge is 0.529 e. The van der Waals surface area contributed by atoms with E-state index in [0.717, 1.165) is 12.8 Å². The molecular formula is C22H36N2O8. The van der Waals surface area contributed by atoms with Gasteiger partial charge in [-0.2, -0.15) is 0 Å². The van der Waals surface area contributed by atoms with Gasteiger partial charge in [-0.1, -0.05) is 19.4 Å². The van der Waals surface area contributed by atoms with E-state index in [1.54, 1.807) is 47.6 Å². The van der Waals surface area contributed by atoms with Gasteiger partial charge in [0.15, 0.2) is 0 Å². The molecule has 0 N–H and O–H groups in total. The highest BCUT2D eigenvalue weighted by molar-refractivity contribution is 5.81. The smallest absolute Gasteiger partial charge is 0.463 e. The maximum Gasteiger partial charge on any atom is 0.529 e. The zero-order valence-corrected chi connectivity index (χ0v) is 20.1. The Labute approximate surface area is 189 Å². The molecular weight excluding hydrogens is 420 g/mol. The molecule has 2 bridgehead atoms. The van der Waals surface area contributed by atoms with Crippen LogP contribution in [0.3, 0.4) is 0 Å². The fourth-order valence-corrected chi connectivity index (χ4v) is 3.45. The molecule has 1 aliphatic heterocycles. The summed E-state index contributed by atoms with van der Waals surface area (Å²) >= 11 is 0. The highest BCUT2D eigenvalue weighted by Crippen LogP contribution is 2.43. The van der Waals surface area contributed by atoms with Crippen molar-refractivity contribution in [2.45, 2.75) is 97.4 Å². The van der Waals surface area contributed by atoms with Crippen LogP contribution in [0, 0.1) is 5.92 Å². The Morgan fingerprint density at radius 3 is 2.00 bits per heavy atom. The van der Waals surface area contributed by atoms with E-state index < -0.39 is 29.5 Å². The molecule has 3 atom stereocenters. The molecule has 2 aliphatic rings. The van der Waals surface area contributed by atoms with Gasteiger partial charge in [0, 0.05) is 6.08 Å². The lowest BCUT2D eigenvalue weighted by Crippen LogP contribution is -2.52. The number of hydrogen-bond donors (Lipinski definition) is 0. The summed E-state index contributed by atoms with van der Waals surface area (Å²) in [5.74, 6) is -0.526. The highest BCUT2D eigenvalue weighted by atomic mass is 16.9. The fourth-order valence-electron chi connectivity index (χ4n) is 3.45. The van der Waals surface area contributed by atoms with Gasteiger partial charge in [-0.05, 0) is 77.1 Å². The Hall–Kier alpha value is -2.33. The zero-order chi connectivity index (χ0) is 24.1. The topological polar surface area (TPSA) is 104 Å². The minimum Gasteiger partial charge on any atom is -0.463 e. The van der Waals surface area contributed by atoms with Crippen molar-refractivity contribution < 1.29 is 38.3 Å². The van der Waals surface area contributed by atoms with Gasteiger partial charge in [-0.3, -0.25) is 0 Å². The molecule has 0 aromatic carbocycles. The van der Waals surface area contributed by atoms with E-state index in [1.165, 1.54) is 16.4 Å². The Bertz CT molecular complexity index is 710. The normalized spacial score (nSPS) is 23.9. The summed E-state index contributed by atoms with van der Waals surface area (Å²) in [6.45, 7) is 12.7. The van der Waals surface area contributed by atoms with Crippen LogP contribution in [-0.2, 0) is 28.7 Å². The van der Waals surface area contributed by atoms with Crippen molar-refractivity contribution in [1.29, 1.82) is 0 Å². The van der Waals surface area contributed by atoms with E-state index in [4.69, 9.17) is 23.9 Å². The Balaban J connectivity index is 2.08. The molecule has 2 fully saturated rings. The van der Waals surface area contributed by atoms with Gasteiger partial charge < -0.3 is 23.9 Å². The first-order valence-electron chi connectivity index (χ1n) is 11.0. The van der Waals surface area contributed by atoms with E-state index >= 15 is 0 Å². The molecule has 3 unspecified atom stereocenters. The van der Waals surface area contributed by atoms with Crippen molar-refractivity contribution in [1.82, 2.24) is 10.3 Å². The van der Waals surface area contributed by atoms with Gasteiger partial charge in [-0.15, -0.1) is 0 Å². The molecule has 2 rings (SSSR count). The van der Waals surface area contributed by atoms with Gasteiger partial charge in [0.25, 0.3) is 0 Å². The summed E-state index contributed by atoms with van der Waals surface area (Å²) in [5, 5.41) is 2.41. The molecule has 0 aromatic rings. The molecule has 182 valence electrons. The molecule has 1 saturated heterocycles. The fraction of sp³-hybridized carbons (Fsp3) is 0.773. The summed E-state index contributed by atoms with van der Waals surface area (Å²) < 4.78 is 15.6. The first kappa shape index (κ1) is 25.9. The van der Waals surface area contributed by atoms with Gasteiger partial charge in [-0.25, -0.2) is 14.4 Å². The minimum absolute atomic E-state index is 0.111. The number of unbranched alkanes of at least 4 members (excludes halogenated alkanes) is 1. The third-order valence-electron chi connectivity index (χ3n) is 4.68. The molecule has 0 amide bonds. The Kier molecular flexibility index (Phi) is 8.53. The maximum absolute atomic E-state index is 12.3. The number of esters is 1. The molecule has 32 heavy (non-hydrogen) atoms. The SMILES string of the molecule is CCCCOC(=O)/C=C\C1CC2CC1N(OC(=O)OC(C)(C)C)N2OC(=O)OC(C)(C)C. The number of carbonyl (C=O) groups excluding carboxylic acids is 3. The Morgan fingerprint density at radius 2 is 1.47 bits per heavy atom. The number of carbonyl (C=O) groups is 3. The van der Waals surface area contributed by atoms with Gasteiger partial charge >= 0.3 is 18.3 Å². The van der Waals surface area contributed by atoms with Crippen molar-refractivity contribution in [3.8, 4) is 0 Å².